The Bertz CT molecular complexity index is 215. The second-order valence-electron chi connectivity index (χ2n) is 2.71. The lowest BCUT2D eigenvalue weighted by molar-refractivity contribution is 0.111. The summed E-state index contributed by atoms with van der Waals surface area (Å²) in [6, 6.07) is 0.0119. The molecule has 0 amide bonds. The van der Waals surface area contributed by atoms with Crippen LogP contribution >= 0.6 is 11.3 Å². The third-order valence-corrected chi connectivity index (χ3v) is 2.25. The molecule has 1 rings (SSSR count). The number of nitrogens with two attached hydrogens (primary N) is 1. The van der Waals surface area contributed by atoms with Crippen molar-refractivity contribution < 1.29 is 4.74 Å². The van der Waals surface area contributed by atoms with Crippen molar-refractivity contribution in [1.29, 1.82) is 0 Å². The lowest BCUT2D eigenvalue weighted by Crippen LogP contribution is -2.31. The predicted molar refractivity (Wildman–Crippen MR) is 53.3 cm³/mol. The summed E-state index contributed by atoms with van der Waals surface area (Å²) in [5, 5.41) is 1.97. The van der Waals surface area contributed by atoms with Gasteiger partial charge in [0.1, 0.15) is 0 Å². The van der Waals surface area contributed by atoms with E-state index in [2.05, 4.69) is 17.3 Å². The molecule has 4 nitrogen and oxygen atoms in total. The fourth-order valence-electron chi connectivity index (χ4n) is 0.958. The van der Waals surface area contributed by atoms with Gasteiger partial charge < -0.3 is 4.74 Å². The third kappa shape index (κ3) is 3.40. The maximum absolute atomic E-state index is 5.38. The Morgan fingerprint density at radius 2 is 2.62 bits per heavy atom. The molecule has 3 N–H and O–H groups in total. The largest absolute Gasteiger partial charge is 0.379 e. The summed E-state index contributed by atoms with van der Waals surface area (Å²) in [4.78, 5) is 4.16. The van der Waals surface area contributed by atoms with Crippen LogP contribution in [0.1, 0.15) is 25.1 Å². The van der Waals surface area contributed by atoms with Gasteiger partial charge in [-0.05, 0) is 6.42 Å². The normalized spacial score (nSPS) is 13.1. The Balaban J connectivity index is 2.35. The number of hydrogen-bond acceptors (Lipinski definition) is 5. The third-order valence-electron chi connectivity index (χ3n) is 1.64. The maximum atomic E-state index is 5.38. The first-order valence-corrected chi connectivity index (χ1v) is 5.24. The van der Waals surface area contributed by atoms with Crippen LogP contribution < -0.4 is 11.3 Å². The summed E-state index contributed by atoms with van der Waals surface area (Å²) in [5.41, 5.74) is 5.42. The molecule has 1 heterocycles. The second kappa shape index (κ2) is 6.04. The fourth-order valence-corrected chi connectivity index (χ4v) is 1.57. The highest BCUT2D eigenvalue weighted by Crippen LogP contribution is 2.12. The fraction of sp³-hybridized carbons (Fsp3) is 0.625. The zero-order valence-corrected chi connectivity index (χ0v) is 8.51. The molecule has 0 saturated carbocycles. The van der Waals surface area contributed by atoms with E-state index >= 15 is 0 Å². The van der Waals surface area contributed by atoms with E-state index in [1.807, 2.05) is 5.38 Å². The van der Waals surface area contributed by atoms with Crippen LogP contribution in [-0.4, -0.2) is 18.2 Å². The Morgan fingerprint density at radius 3 is 3.15 bits per heavy atom. The van der Waals surface area contributed by atoms with Crippen molar-refractivity contribution in [2.45, 2.75) is 19.4 Å². The van der Waals surface area contributed by atoms with Crippen molar-refractivity contribution in [2.24, 2.45) is 5.84 Å². The molecule has 1 unspecified atom stereocenters. The summed E-state index contributed by atoms with van der Waals surface area (Å²) in [6.07, 6.45) is 1.02. The predicted octanol–water partition coefficient (Wildman–Crippen LogP) is 1.07. The number of rotatable bonds is 6. The van der Waals surface area contributed by atoms with Gasteiger partial charge in [0.25, 0.3) is 0 Å². The number of nitrogens with zero attached hydrogens (tertiary/aromatic N) is 1. The number of thiazole rings is 1. The Morgan fingerprint density at radius 1 is 1.77 bits per heavy atom. The van der Waals surface area contributed by atoms with Gasteiger partial charge in [-0.2, -0.15) is 0 Å². The summed E-state index contributed by atoms with van der Waals surface area (Å²) >= 11 is 1.56. The molecule has 0 aliphatic carbocycles. The molecule has 1 atom stereocenters. The Labute approximate surface area is 82.1 Å². The van der Waals surface area contributed by atoms with Gasteiger partial charge in [-0.3, -0.25) is 5.84 Å². The van der Waals surface area contributed by atoms with E-state index in [1.165, 1.54) is 0 Å². The summed E-state index contributed by atoms with van der Waals surface area (Å²) in [5.74, 6) is 5.38. The molecular formula is C8H15N3OS. The molecule has 0 aliphatic rings. The van der Waals surface area contributed by atoms with Crippen LogP contribution in [0.3, 0.4) is 0 Å². The van der Waals surface area contributed by atoms with Gasteiger partial charge in [0, 0.05) is 12.0 Å². The summed E-state index contributed by atoms with van der Waals surface area (Å²) < 4.78 is 5.38. The molecule has 0 aromatic carbocycles. The average Bonchev–Trinajstić information content (AvgIpc) is 2.65. The quantitative estimate of drug-likeness (QED) is 0.411. The molecular weight excluding hydrogens is 186 g/mol. The topological polar surface area (TPSA) is 60.2 Å². The average molecular weight is 201 g/mol. The molecule has 1 aromatic rings. The van der Waals surface area contributed by atoms with Crippen molar-refractivity contribution in [3.8, 4) is 0 Å². The number of hydrogen-bond donors (Lipinski definition) is 2. The van der Waals surface area contributed by atoms with E-state index in [9.17, 15) is 0 Å². The highest BCUT2D eigenvalue weighted by Gasteiger charge is 2.10. The van der Waals surface area contributed by atoms with Gasteiger partial charge in [-0.15, -0.1) is 11.3 Å². The van der Waals surface area contributed by atoms with E-state index in [4.69, 9.17) is 10.6 Å². The van der Waals surface area contributed by atoms with Crippen molar-refractivity contribution in [2.75, 3.05) is 13.2 Å². The van der Waals surface area contributed by atoms with E-state index in [1.54, 1.807) is 16.8 Å². The van der Waals surface area contributed by atoms with Crippen LogP contribution in [0.4, 0.5) is 0 Å². The summed E-state index contributed by atoms with van der Waals surface area (Å²) in [6.45, 7) is 3.42. The van der Waals surface area contributed by atoms with Crippen molar-refractivity contribution in [1.82, 2.24) is 10.4 Å². The van der Waals surface area contributed by atoms with Crippen LogP contribution in [0, 0.1) is 0 Å². The zero-order valence-electron chi connectivity index (χ0n) is 7.69. The van der Waals surface area contributed by atoms with Gasteiger partial charge in [-0.1, -0.05) is 6.92 Å². The van der Waals surface area contributed by atoms with Crippen LogP contribution in [0.25, 0.3) is 0 Å². The minimum Gasteiger partial charge on any atom is -0.379 e. The van der Waals surface area contributed by atoms with E-state index in [-0.39, 0.29) is 6.04 Å². The van der Waals surface area contributed by atoms with E-state index < -0.39 is 0 Å². The van der Waals surface area contributed by atoms with Crippen molar-refractivity contribution in [3.05, 3.63) is 16.6 Å². The number of aromatic nitrogens is 1. The SMILES string of the molecule is CCCOCC(NN)c1cscn1. The number of ether oxygens (including phenoxy) is 1. The molecule has 5 heteroatoms. The van der Waals surface area contributed by atoms with E-state index in [0.717, 1.165) is 18.7 Å². The Hall–Kier alpha value is -0.490. The first-order chi connectivity index (χ1) is 6.38. The van der Waals surface area contributed by atoms with E-state index in [0.29, 0.717) is 6.61 Å². The first-order valence-electron chi connectivity index (χ1n) is 4.30. The van der Waals surface area contributed by atoms with Crippen LogP contribution in [0.15, 0.2) is 10.9 Å². The number of nitrogens with one attached hydrogen (secondary N) is 1. The molecule has 13 heavy (non-hydrogen) atoms. The monoisotopic (exact) mass is 201 g/mol. The molecule has 0 radical (unpaired) electrons. The van der Waals surface area contributed by atoms with Crippen molar-refractivity contribution in [3.63, 3.8) is 0 Å². The standard InChI is InChI=1S/C8H15N3OS/c1-2-3-12-4-7(11-9)8-5-13-6-10-8/h5-7,11H,2-4,9H2,1H3. The minimum atomic E-state index is 0.0119. The highest BCUT2D eigenvalue weighted by molar-refractivity contribution is 7.07. The lowest BCUT2D eigenvalue weighted by Gasteiger charge is -2.13. The molecule has 1 aromatic heterocycles. The van der Waals surface area contributed by atoms with Crippen LogP contribution in [-0.2, 0) is 4.74 Å². The summed E-state index contributed by atoms with van der Waals surface area (Å²) in [7, 11) is 0. The van der Waals surface area contributed by atoms with Gasteiger partial charge in [0.05, 0.1) is 23.9 Å². The molecule has 74 valence electrons. The zero-order chi connectivity index (χ0) is 9.52. The lowest BCUT2D eigenvalue weighted by atomic mass is 10.2. The second-order valence-corrected chi connectivity index (χ2v) is 3.43. The first kappa shape index (κ1) is 10.6. The van der Waals surface area contributed by atoms with Crippen LogP contribution in [0.2, 0.25) is 0 Å². The maximum Gasteiger partial charge on any atom is 0.0873 e. The molecule has 0 aliphatic heterocycles. The van der Waals surface area contributed by atoms with Gasteiger partial charge in [0.2, 0.25) is 0 Å². The van der Waals surface area contributed by atoms with Crippen molar-refractivity contribution >= 4 is 11.3 Å². The van der Waals surface area contributed by atoms with Gasteiger partial charge in [0.15, 0.2) is 0 Å². The smallest absolute Gasteiger partial charge is 0.0873 e. The molecule has 0 spiro atoms. The van der Waals surface area contributed by atoms with Gasteiger partial charge in [-0.25, -0.2) is 10.4 Å². The Kier molecular flexibility index (Phi) is 4.92. The number of hydrazine groups is 1. The highest BCUT2D eigenvalue weighted by atomic mass is 32.1. The molecule has 0 bridgehead atoms. The van der Waals surface area contributed by atoms with Crippen LogP contribution in [0.5, 0.6) is 0 Å². The molecule has 0 fully saturated rings. The van der Waals surface area contributed by atoms with Gasteiger partial charge >= 0.3 is 0 Å². The minimum absolute atomic E-state index is 0.0119. The molecule has 0 saturated heterocycles.